The highest BCUT2D eigenvalue weighted by Gasteiger charge is 2.51. The highest BCUT2D eigenvalue weighted by molar-refractivity contribution is 5.94. The molecule has 2 aromatic rings. The molecule has 2 aromatic carbocycles. The SMILES string of the molecule is N[C@H](CC(=O)N[C@@H](Cc1ccccc1)C(=O)N1[C@H](C(=O)N2CCC[C@H]2C(=O)O)C[C@@H]2CCCC[C@@H]21)Cc1ccccc1. The number of benzene rings is 2. The summed E-state index contributed by atoms with van der Waals surface area (Å²) in [4.78, 5) is 56.7. The van der Waals surface area contributed by atoms with E-state index in [0.717, 1.165) is 36.8 Å². The standard InChI is InChI=1S/C33H42N4O5/c34-25(18-22-10-3-1-4-11-22)21-30(38)35-26(19-23-12-5-2-6-13-23)31(39)37-27-15-8-7-14-24(27)20-29(37)32(40)36-17-9-16-28(36)33(41)42/h1-6,10-13,24-29H,7-9,14-21,34H2,(H,35,38)(H,41,42)/t24-,25-,26-,27-,28-,29-/m0/s1. The quantitative estimate of drug-likeness (QED) is 0.400. The Bertz CT molecular complexity index is 1260. The molecule has 0 radical (unpaired) electrons. The number of amides is 3. The molecule has 3 fully saturated rings. The van der Waals surface area contributed by atoms with Crippen LogP contribution in [-0.4, -0.2) is 75.4 Å². The van der Waals surface area contributed by atoms with Crippen LogP contribution < -0.4 is 11.1 Å². The number of hydrogen-bond donors (Lipinski definition) is 3. The normalized spacial score (nSPS) is 25.0. The summed E-state index contributed by atoms with van der Waals surface area (Å²) < 4.78 is 0. The van der Waals surface area contributed by atoms with Gasteiger partial charge in [-0.2, -0.15) is 0 Å². The van der Waals surface area contributed by atoms with E-state index in [4.69, 9.17) is 5.73 Å². The van der Waals surface area contributed by atoms with Gasteiger partial charge in [0.1, 0.15) is 18.1 Å². The molecule has 6 atom stereocenters. The first-order valence-corrected chi connectivity index (χ1v) is 15.3. The van der Waals surface area contributed by atoms with E-state index in [1.807, 2.05) is 60.7 Å². The molecule has 1 saturated carbocycles. The van der Waals surface area contributed by atoms with Gasteiger partial charge >= 0.3 is 5.97 Å². The molecule has 224 valence electrons. The van der Waals surface area contributed by atoms with Crippen LogP contribution in [0.1, 0.15) is 62.5 Å². The predicted molar refractivity (Wildman–Crippen MR) is 158 cm³/mol. The number of aliphatic carboxylic acids is 1. The third kappa shape index (κ3) is 6.84. The fourth-order valence-corrected chi connectivity index (χ4v) is 7.19. The molecule has 2 saturated heterocycles. The molecule has 0 unspecified atom stereocenters. The first kappa shape index (κ1) is 29.8. The van der Waals surface area contributed by atoms with Gasteiger partial charge < -0.3 is 26.0 Å². The molecule has 3 amide bonds. The summed E-state index contributed by atoms with van der Waals surface area (Å²) in [6.07, 6.45) is 6.24. The minimum Gasteiger partial charge on any atom is -0.480 e. The Kier molecular flexibility index (Phi) is 9.57. The van der Waals surface area contributed by atoms with Crippen molar-refractivity contribution >= 4 is 23.7 Å². The van der Waals surface area contributed by atoms with E-state index in [1.54, 1.807) is 4.90 Å². The van der Waals surface area contributed by atoms with Gasteiger partial charge in [0.25, 0.3) is 0 Å². The number of likely N-dealkylation sites (tertiary alicyclic amines) is 2. The molecule has 42 heavy (non-hydrogen) atoms. The van der Waals surface area contributed by atoms with E-state index in [2.05, 4.69) is 5.32 Å². The largest absolute Gasteiger partial charge is 0.480 e. The molecule has 5 rings (SSSR count). The van der Waals surface area contributed by atoms with Crippen molar-refractivity contribution in [1.29, 1.82) is 0 Å². The summed E-state index contributed by atoms with van der Waals surface area (Å²) in [5.41, 5.74) is 8.28. The summed E-state index contributed by atoms with van der Waals surface area (Å²) in [6, 6.07) is 16.3. The molecular formula is C33H42N4O5. The summed E-state index contributed by atoms with van der Waals surface area (Å²) in [5, 5.41) is 12.7. The highest BCUT2D eigenvalue weighted by Crippen LogP contribution is 2.41. The summed E-state index contributed by atoms with van der Waals surface area (Å²) >= 11 is 0. The van der Waals surface area contributed by atoms with E-state index in [0.29, 0.717) is 32.2 Å². The van der Waals surface area contributed by atoms with E-state index in [-0.39, 0.29) is 42.5 Å². The van der Waals surface area contributed by atoms with Gasteiger partial charge in [-0.1, -0.05) is 73.5 Å². The Hall–Kier alpha value is -3.72. The predicted octanol–water partition coefficient (Wildman–Crippen LogP) is 2.91. The van der Waals surface area contributed by atoms with Gasteiger partial charge in [-0.25, -0.2) is 4.79 Å². The van der Waals surface area contributed by atoms with Crippen molar-refractivity contribution in [2.45, 2.75) is 94.4 Å². The van der Waals surface area contributed by atoms with E-state index < -0.39 is 30.1 Å². The minimum atomic E-state index is -1.00. The maximum atomic E-state index is 14.5. The Morgan fingerprint density at radius 1 is 0.857 bits per heavy atom. The molecule has 0 aromatic heterocycles. The van der Waals surface area contributed by atoms with Crippen LogP contribution in [0.4, 0.5) is 0 Å². The molecule has 3 aliphatic rings. The number of carbonyl (C=O) groups is 4. The molecule has 9 heteroatoms. The van der Waals surface area contributed by atoms with E-state index in [1.165, 1.54) is 4.90 Å². The number of fused-ring (bicyclic) bond motifs is 1. The number of nitrogens with two attached hydrogens (primary N) is 1. The van der Waals surface area contributed by atoms with Crippen molar-refractivity contribution in [3.05, 3.63) is 71.8 Å². The number of rotatable bonds is 10. The number of hydrogen-bond acceptors (Lipinski definition) is 5. The van der Waals surface area contributed by atoms with Crippen LogP contribution in [0.25, 0.3) is 0 Å². The average molecular weight is 575 g/mol. The summed E-state index contributed by atoms with van der Waals surface area (Å²) in [5.74, 6) is -1.68. The van der Waals surface area contributed by atoms with Crippen LogP contribution in [0.2, 0.25) is 0 Å². The van der Waals surface area contributed by atoms with E-state index in [9.17, 15) is 24.3 Å². The maximum Gasteiger partial charge on any atom is 0.326 e. The molecule has 0 bridgehead atoms. The number of carboxylic acid groups (broad SMARTS) is 1. The topological polar surface area (TPSA) is 133 Å². The Labute approximate surface area is 247 Å². The van der Waals surface area contributed by atoms with Crippen molar-refractivity contribution in [3.8, 4) is 0 Å². The lowest BCUT2D eigenvalue weighted by molar-refractivity contribution is -0.153. The van der Waals surface area contributed by atoms with Crippen molar-refractivity contribution in [3.63, 3.8) is 0 Å². The van der Waals surface area contributed by atoms with Crippen LogP contribution in [-0.2, 0) is 32.0 Å². The van der Waals surface area contributed by atoms with Gasteiger partial charge in [-0.05, 0) is 55.6 Å². The monoisotopic (exact) mass is 574 g/mol. The first-order valence-electron chi connectivity index (χ1n) is 15.3. The third-order valence-electron chi connectivity index (χ3n) is 9.15. The summed E-state index contributed by atoms with van der Waals surface area (Å²) in [7, 11) is 0. The number of carboxylic acids is 1. The van der Waals surface area contributed by atoms with Gasteiger partial charge in [0.05, 0.1) is 0 Å². The zero-order valence-corrected chi connectivity index (χ0v) is 24.1. The van der Waals surface area contributed by atoms with Gasteiger partial charge in [0, 0.05) is 31.5 Å². The highest BCUT2D eigenvalue weighted by atomic mass is 16.4. The summed E-state index contributed by atoms with van der Waals surface area (Å²) in [6.45, 7) is 0.382. The molecular weight excluding hydrogens is 532 g/mol. The van der Waals surface area contributed by atoms with Gasteiger partial charge in [-0.3, -0.25) is 14.4 Å². The lowest BCUT2D eigenvalue weighted by Crippen LogP contribution is -2.58. The van der Waals surface area contributed by atoms with Gasteiger partial charge in [0.15, 0.2) is 0 Å². The molecule has 0 spiro atoms. The van der Waals surface area contributed by atoms with Crippen molar-refractivity contribution in [1.82, 2.24) is 15.1 Å². The maximum absolute atomic E-state index is 14.5. The number of carbonyl (C=O) groups excluding carboxylic acids is 3. The second-order valence-corrected chi connectivity index (χ2v) is 12.1. The fourth-order valence-electron chi connectivity index (χ4n) is 7.19. The van der Waals surface area contributed by atoms with Gasteiger partial charge in [-0.15, -0.1) is 0 Å². The Balaban J connectivity index is 1.37. The molecule has 2 aliphatic heterocycles. The van der Waals surface area contributed by atoms with Crippen LogP contribution in [0, 0.1) is 5.92 Å². The second kappa shape index (κ2) is 13.5. The molecule has 1 aliphatic carbocycles. The Morgan fingerprint density at radius 2 is 1.50 bits per heavy atom. The lowest BCUT2D eigenvalue weighted by atomic mass is 9.84. The number of nitrogens with zero attached hydrogens (tertiary/aromatic N) is 2. The van der Waals surface area contributed by atoms with Crippen LogP contribution in [0.5, 0.6) is 0 Å². The molecule has 4 N–H and O–H groups in total. The third-order valence-corrected chi connectivity index (χ3v) is 9.15. The number of nitrogens with one attached hydrogen (secondary N) is 1. The van der Waals surface area contributed by atoms with Crippen molar-refractivity contribution in [2.75, 3.05) is 6.54 Å². The zero-order valence-electron chi connectivity index (χ0n) is 24.1. The lowest BCUT2D eigenvalue weighted by Gasteiger charge is -2.37. The second-order valence-electron chi connectivity index (χ2n) is 12.1. The van der Waals surface area contributed by atoms with Crippen LogP contribution in [0.15, 0.2) is 60.7 Å². The first-order chi connectivity index (χ1) is 20.3. The van der Waals surface area contributed by atoms with Crippen LogP contribution in [0.3, 0.4) is 0 Å². The minimum absolute atomic E-state index is 0.0654. The van der Waals surface area contributed by atoms with Crippen LogP contribution >= 0.6 is 0 Å². The van der Waals surface area contributed by atoms with Gasteiger partial charge in [0.2, 0.25) is 17.7 Å². The smallest absolute Gasteiger partial charge is 0.326 e. The Morgan fingerprint density at radius 3 is 2.17 bits per heavy atom. The fraction of sp³-hybridized carbons (Fsp3) is 0.515. The average Bonchev–Trinajstić information content (AvgIpc) is 3.63. The molecule has 2 heterocycles. The zero-order chi connectivity index (χ0) is 29.6. The van der Waals surface area contributed by atoms with Crippen molar-refractivity contribution in [2.24, 2.45) is 11.7 Å². The van der Waals surface area contributed by atoms with Crippen molar-refractivity contribution < 1.29 is 24.3 Å². The van der Waals surface area contributed by atoms with E-state index >= 15 is 0 Å². The molecule has 9 nitrogen and oxygen atoms in total.